The standard InChI is InChI=1S/C23H35ClN6O3S/c24-19-16-20(29-8-10-30(11-9-29)22(32)18-4-1-2-5-18)27-23(26-19)34-17-21(31)25-6-3-7-28-12-14-33-15-13-28/h16,18H,1-15,17H2,(H,25,31). The summed E-state index contributed by atoms with van der Waals surface area (Å²) in [7, 11) is 0. The maximum absolute atomic E-state index is 12.7. The summed E-state index contributed by atoms with van der Waals surface area (Å²) < 4.78 is 5.35. The lowest BCUT2D eigenvalue weighted by atomic mass is 10.1. The van der Waals surface area contributed by atoms with Gasteiger partial charge in [0.1, 0.15) is 11.0 Å². The lowest BCUT2D eigenvalue weighted by Gasteiger charge is -2.36. The molecule has 0 atom stereocenters. The Kier molecular flexibility index (Phi) is 9.67. The molecule has 3 heterocycles. The van der Waals surface area contributed by atoms with E-state index in [1.807, 2.05) is 4.90 Å². The zero-order valence-electron chi connectivity index (χ0n) is 19.7. The number of morpholine rings is 1. The van der Waals surface area contributed by atoms with Gasteiger partial charge in [-0.1, -0.05) is 36.2 Å². The van der Waals surface area contributed by atoms with E-state index in [-0.39, 0.29) is 17.6 Å². The first-order valence-corrected chi connectivity index (χ1v) is 13.7. The third-order valence-electron chi connectivity index (χ3n) is 6.69. The number of amides is 2. The van der Waals surface area contributed by atoms with Crippen molar-refractivity contribution in [2.24, 2.45) is 5.92 Å². The molecule has 0 unspecified atom stereocenters. The summed E-state index contributed by atoms with van der Waals surface area (Å²) in [5.74, 6) is 1.50. The molecular weight excluding hydrogens is 476 g/mol. The molecule has 1 aromatic rings. The van der Waals surface area contributed by atoms with Crippen molar-refractivity contribution in [3.05, 3.63) is 11.2 Å². The fraction of sp³-hybridized carbons (Fsp3) is 0.739. The molecule has 3 fully saturated rings. The summed E-state index contributed by atoms with van der Waals surface area (Å²) in [4.78, 5) is 40.3. The van der Waals surface area contributed by atoms with Crippen LogP contribution in [-0.4, -0.2) is 103 Å². The molecule has 0 bridgehead atoms. The third kappa shape index (κ3) is 7.44. The summed E-state index contributed by atoms with van der Waals surface area (Å²) in [6.45, 7) is 7.98. The normalized spacial score (nSPS) is 20.0. The van der Waals surface area contributed by atoms with Crippen molar-refractivity contribution in [3.8, 4) is 0 Å². The van der Waals surface area contributed by atoms with Crippen LogP contribution < -0.4 is 10.2 Å². The fourth-order valence-electron chi connectivity index (χ4n) is 4.74. The van der Waals surface area contributed by atoms with Gasteiger partial charge in [0.05, 0.1) is 19.0 Å². The molecular formula is C23H35ClN6O3S. The van der Waals surface area contributed by atoms with Crippen LogP contribution in [0.5, 0.6) is 0 Å². The topological polar surface area (TPSA) is 90.9 Å². The molecule has 34 heavy (non-hydrogen) atoms. The number of anilines is 1. The van der Waals surface area contributed by atoms with Gasteiger partial charge in [-0.2, -0.15) is 0 Å². The lowest BCUT2D eigenvalue weighted by molar-refractivity contribution is -0.135. The van der Waals surface area contributed by atoms with Gasteiger partial charge in [-0.15, -0.1) is 0 Å². The second-order valence-corrected chi connectivity index (χ2v) is 10.4. The van der Waals surface area contributed by atoms with Crippen LogP contribution in [0.1, 0.15) is 32.1 Å². The predicted octanol–water partition coefficient (Wildman–Crippen LogP) is 1.90. The van der Waals surface area contributed by atoms with Gasteiger partial charge in [0.25, 0.3) is 0 Å². The van der Waals surface area contributed by atoms with Crippen LogP contribution in [0, 0.1) is 5.92 Å². The molecule has 9 nitrogen and oxygen atoms in total. The van der Waals surface area contributed by atoms with Crippen LogP contribution in [0.15, 0.2) is 11.2 Å². The zero-order chi connectivity index (χ0) is 23.8. The van der Waals surface area contributed by atoms with Gasteiger partial charge in [0.15, 0.2) is 5.16 Å². The molecule has 1 aliphatic carbocycles. The van der Waals surface area contributed by atoms with E-state index in [2.05, 4.69) is 25.1 Å². The maximum Gasteiger partial charge on any atom is 0.230 e. The molecule has 1 saturated carbocycles. The zero-order valence-corrected chi connectivity index (χ0v) is 21.3. The average molecular weight is 511 g/mol. The molecule has 0 aromatic carbocycles. The van der Waals surface area contributed by atoms with E-state index in [9.17, 15) is 9.59 Å². The molecule has 3 aliphatic rings. The maximum atomic E-state index is 12.7. The number of halogens is 1. The number of nitrogens with one attached hydrogen (secondary N) is 1. The minimum Gasteiger partial charge on any atom is -0.379 e. The van der Waals surface area contributed by atoms with Crippen LogP contribution in [0.4, 0.5) is 5.82 Å². The number of rotatable bonds is 9. The van der Waals surface area contributed by atoms with Crippen molar-refractivity contribution in [3.63, 3.8) is 0 Å². The molecule has 0 radical (unpaired) electrons. The van der Waals surface area contributed by atoms with E-state index in [4.69, 9.17) is 16.3 Å². The summed E-state index contributed by atoms with van der Waals surface area (Å²) in [5, 5.41) is 3.83. The van der Waals surface area contributed by atoms with Gasteiger partial charge < -0.3 is 19.9 Å². The predicted molar refractivity (Wildman–Crippen MR) is 133 cm³/mol. The Balaban J connectivity index is 1.19. The van der Waals surface area contributed by atoms with Crippen LogP contribution >= 0.6 is 23.4 Å². The number of piperazine rings is 1. The number of ether oxygens (including phenoxy) is 1. The highest BCUT2D eigenvalue weighted by molar-refractivity contribution is 7.99. The van der Waals surface area contributed by atoms with E-state index in [0.29, 0.717) is 35.9 Å². The molecule has 1 N–H and O–H groups in total. The first kappa shape index (κ1) is 25.5. The molecule has 0 spiro atoms. The lowest BCUT2D eigenvalue weighted by Crippen LogP contribution is -2.50. The number of carbonyl (C=O) groups excluding carboxylic acids is 2. The highest BCUT2D eigenvalue weighted by atomic mass is 35.5. The van der Waals surface area contributed by atoms with Gasteiger partial charge in [-0.3, -0.25) is 14.5 Å². The van der Waals surface area contributed by atoms with E-state index in [0.717, 1.165) is 71.0 Å². The summed E-state index contributed by atoms with van der Waals surface area (Å²) in [6.07, 6.45) is 5.32. The minimum atomic E-state index is -0.0313. The summed E-state index contributed by atoms with van der Waals surface area (Å²) >= 11 is 7.55. The number of hydrogen-bond donors (Lipinski definition) is 1. The van der Waals surface area contributed by atoms with Crippen LogP contribution in [0.25, 0.3) is 0 Å². The van der Waals surface area contributed by atoms with Gasteiger partial charge in [0.2, 0.25) is 11.8 Å². The van der Waals surface area contributed by atoms with Crippen molar-refractivity contribution in [1.29, 1.82) is 0 Å². The van der Waals surface area contributed by atoms with Gasteiger partial charge >= 0.3 is 0 Å². The Bertz CT molecular complexity index is 827. The molecule has 1 aromatic heterocycles. The highest BCUT2D eigenvalue weighted by Gasteiger charge is 2.29. The Morgan fingerprint density at radius 3 is 2.56 bits per heavy atom. The minimum absolute atomic E-state index is 0.0313. The average Bonchev–Trinajstić information content (AvgIpc) is 3.40. The molecule has 11 heteroatoms. The fourth-order valence-corrected chi connectivity index (χ4v) is 5.65. The molecule has 2 aliphatic heterocycles. The monoisotopic (exact) mass is 510 g/mol. The number of nitrogens with zero attached hydrogens (tertiary/aromatic N) is 5. The smallest absolute Gasteiger partial charge is 0.230 e. The van der Waals surface area contributed by atoms with E-state index in [1.165, 1.54) is 24.6 Å². The Morgan fingerprint density at radius 1 is 1.09 bits per heavy atom. The summed E-state index contributed by atoms with van der Waals surface area (Å²) in [5.41, 5.74) is 0. The quantitative estimate of drug-likeness (QED) is 0.233. The van der Waals surface area contributed by atoms with Crippen LogP contribution in [-0.2, 0) is 14.3 Å². The number of carbonyl (C=O) groups is 2. The first-order valence-electron chi connectivity index (χ1n) is 12.4. The molecule has 2 amide bonds. The Morgan fingerprint density at radius 2 is 1.82 bits per heavy atom. The van der Waals surface area contributed by atoms with Gasteiger partial charge in [-0.05, 0) is 25.8 Å². The van der Waals surface area contributed by atoms with Crippen molar-refractivity contribution >= 4 is 41.0 Å². The number of hydrogen-bond acceptors (Lipinski definition) is 8. The number of thioether (sulfide) groups is 1. The second kappa shape index (κ2) is 12.9. The highest BCUT2D eigenvalue weighted by Crippen LogP contribution is 2.28. The Hall–Kier alpha value is -1.62. The SMILES string of the molecule is O=C(CSc1nc(Cl)cc(N2CCN(C(=O)C3CCCC3)CC2)n1)NCCCN1CCOCC1. The first-order chi connectivity index (χ1) is 16.6. The molecule has 4 rings (SSSR count). The van der Waals surface area contributed by atoms with Gasteiger partial charge in [0, 0.05) is 57.8 Å². The molecule has 2 saturated heterocycles. The molecule has 188 valence electrons. The summed E-state index contributed by atoms with van der Waals surface area (Å²) in [6, 6.07) is 1.76. The largest absolute Gasteiger partial charge is 0.379 e. The third-order valence-corrected chi connectivity index (χ3v) is 7.73. The van der Waals surface area contributed by atoms with Crippen LogP contribution in [0.2, 0.25) is 5.15 Å². The van der Waals surface area contributed by atoms with E-state index in [1.54, 1.807) is 6.07 Å². The van der Waals surface area contributed by atoms with E-state index < -0.39 is 0 Å². The van der Waals surface area contributed by atoms with Crippen molar-refractivity contribution in [1.82, 2.24) is 25.1 Å². The van der Waals surface area contributed by atoms with Crippen molar-refractivity contribution in [2.45, 2.75) is 37.3 Å². The van der Waals surface area contributed by atoms with Gasteiger partial charge in [-0.25, -0.2) is 9.97 Å². The van der Waals surface area contributed by atoms with Crippen LogP contribution in [0.3, 0.4) is 0 Å². The Labute approximate surface area is 210 Å². The van der Waals surface area contributed by atoms with Crippen molar-refractivity contribution in [2.75, 3.05) is 76.2 Å². The van der Waals surface area contributed by atoms with Crippen molar-refractivity contribution < 1.29 is 14.3 Å². The number of aromatic nitrogens is 2. The second-order valence-electron chi connectivity index (χ2n) is 9.07. The van der Waals surface area contributed by atoms with E-state index >= 15 is 0 Å².